The van der Waals surface area contributed by atoms with E-state index < -0.39 is 10.9 Å². The lowest BCUT2D eigenvalue weighted by molar-refractivity contribution is -0.380. The van der Waals surface area contributed by atoms with Crippen molar-refractivity contribution in [2.45, 2.75) is 13.5 Å². The fraction of sp³-hybridized carbons (Fsp3) is 0.125. The number of esters is 1. The summed E-state index contributed by atoms with van der Waals surface area (Å²) in [5.41, 5.74) is 7.48. The van der Waals surface area contributed by atoms with E-state index in [1.165, 1.54) is 12.1 Å². The molecule has 1 aromatic carbocycles. The van der Waals surface area contributed by atoms with Crippen molar-refractivity contribution in [2.75, 3.05) is 11.1 Å². The SMILES string of the molecule is Cc1ccccc1Nc1nc(N)nc(COC(=O)c2ccc([N+](=O)[O-])s2)n1. The zero-order valence-corrected chi connectivity index (χ0v) is 14.9. The van der Waals surface area contributed by atoms with Crippen molar-refractivity contribution in [3.05, 3.63) is 62.8 Å². The Morgan fingerprint density at radius 1 is 1.26 bits per heavy atom. The molecular weight excluding hydrogens is 372 g/mol. The van der Waals surface area contributed by atoms with Gasteiger partial charge in [-0.15, -0.1) is 0 Å². The van der Waals surface area contributed by atoms with Crippen LogP contribution in [0.3, 0.4) is 0 Å². The van der Waals surface area contributed by atoms with E-state index in [1.54, 1.807) is 0 Å². The maximum atomic E-state index is 12.0. The number of carbonyl (C=O) groups excluding carboxylic acids is 1. The number of hydrogen-bond donors (Lipinski definition) is 2. The molecule has 2 aromatic heterocycles. The third kappa shape index (κ3) is 4.52. The monoisotopic (exact) mass is 386 g/mol. The summed E-state index contributed by atoms with van der Waals surface area (Å²) in [4.78, 5) is 34.3. The van der Waals surface area contributed by atoms with E-state index in [2.05, 4.69) is 20.3 Å². The number of aromatic nitrogens is 3. The minimum absolute atomic E-state index is 0.0288. The molecule has 2 heterocycles. The van der Waals surface area contributed by atoms with Gasteiger partial charge in [-0.1, -0.05) is 29.5 Å². The number of nitrogens with one attached hydrogen (secondary N) is 1. The molecule has 3 aromatic rings. The van der Waals surface area contributed by atoms with E-state index in [0.29, 0.717) is 0 Å². The van der Waals surface area contributed by atoms with E-state index in [1.807, 2.05) is 31.2 Å². The summed E-state index contributed by atoms with van der Waals surface area (Å²) in [7, 11) is 0. The largest absolute Gasteiger partial charge is 0.453 e. The van der Waals surface area contributed by atoms with E-state index in [0.717, 1.165) is 22.6 Å². The van der Waals surface area contributed by atoms with Crippen LogP contribution in [0.25, 0.3) is 0 Å². The molecule has 3 N–H and O–H groups in total. The minimum Gasteiger partial charge on any atom is -0.453 e. The molecule has 3 rings (SSSR count). The average Bonchev–Trinajstić information content (AvgIpc) is 3.12. The molecule has 0 saturated carbocycles. The molecule has 0 aliphatic heterocycles. The Labute approximate surface area is 157 Å². The first-order chi connectivity index (χ1) is 12.9. The standard InChI is InChI=1S/C16H14N6O4S/c1-9-4-2-3-5-10(9)18-16-20-12(19-15(17)21-16)8-26-14(23)11-6-7-13(27-11)22(24)25/h2-7H,8H2,1H3,(H3,17,18,19,20,21). The first kappa shape index (κ1) is 18.2. The predicted molar refractivity (Wildman–Crippen MR) is 98.8 cm³/mol. The summed E-state index contributed by atoms with van der Waals surface area (Å²) in [6.07, 6.45) is 0. The van der Waals surface area contributed by atoms with Gasteiger partial charge in [-0.05, 0) is 24.6 Å². The van der Waals surface area contributed by atoms with Gasteiger partial charge in [-0.2, -0.15) is 15.0 Å². The van der Waals surface area contributed by atoms with Crippen LogP contribution in [0.5, 0.6) is 0 Å². The summed E-state index contributed by atoms with van der Waals surface area (Å²) in [5, 5.41) is 13.6. The second-order valence-corrected chi connectivity index (χ2v) is 6.41. The second kappa shape index (κ2) is 7.74. The van der Waals surface area contributed by atoms with Crippen LogP contribution in [0.1, 0.15) is 21.1 Å². The molecule has 0 atom stereocenters. The molecule has 27 heavy (non-hydrogen) atoms. The van der Waals surface area contributed by atoms with Crippen molar-refractivity contribution in [3.63, 3.8) is 0 Å². The lowest BCUT2D eigenvalue weighted by Crippen LogP contribution is -2.10. The Bertz CT molecular complexity index is 1010. The molecule has 0 fully saturated rings. The van der Waals surface area contributed by atoms with E-state index in [9.17, 15) is 14.9 Å². The van der Waals surface area contributed by atoms with Gasteiger partial charge in [0.1, 0.15) is 4.88 Å². The molecule has 138 valence electrons. The summed E-state index contributed by atoms with van der Waals surface area (Å²) < 4.78 is 5.10. The molecule has 0 radical (unpaired) electrons. The summed E-state index contributed by atoms with van der Waals surface area (Å²) in [6, 6.07) is 10.1. The Hall–Kier alpha value is -3.60. The highest BCUT2D eigenvalue weighted by atomic mass is 32.1. The lowest BCUT2D eigenvalue weighted by Gasteiger charge is -2.09. The molecule has 0 saturated heterocycles. The van der Waals surface area contributed by atoms with Gasteiger partial charge in [-0.25, -0.2) is 4.79 Å². The normalized spacial score (nSPS) is 10.4. The van der Waals surface area contributed by atoms with Crippen LogP contribution in [0, 0.1) is 17.0 Å². The number of thiophene rings is 1. The van der Waals surface area contributed by atoms with Gasteiger partial charge in [0.2, 0.25) is 11.9 Å². The fourth-order valence-corrected chi connectivity index (χ4v) is 2.84. The summed E-state index contributed by atoms with van der Waals surface area (Å²) >= 11 is 0.730. The third-order valence-corrected chi connectivity index (χ3v) is 4.41. The van der Waals surface area contributed by atoms with Crippen LogP contribution < -0.4 is 11.1 Å². The van der Waals surface area contributed by atoms with Gasteiger partial charge in [0.15, 0.2) is 12.4 Å². The number of carbonyl (C=O) groups is 1. The first-order valence-electron chi connectivity index (χ1n) is 7.67. The molecule has 0 amide bonds. The van der Waals surface area contributed by atoms with Gasteiger partial charge in [0.25, 0.3) is 0 Å². The smallest absolute Gasteiger partial charge is 0.348 e. The zero-order valence-electron chi connectivity index (χ0n) is 14.1. The van der Waals surface area contributed by atoms with Crippen LogP contribution in [-0.2, 0) is 11.3 Å². The van der Waals surface area contributed by atoms with Crippen LogP contribution >= 0.6 is 11.3 Å². The number of anilines is 3. The third-order valence-electron chi connectivity index (χ3n) is 3.40. The highest BCUT2D eigenvalue weighted by molar-refractivity contribution is 7.17. The molecule has 0 unspecified atom stereocenters. The Kier molecular flexibility index (Phi) is 5.22. The van der Waals surface area contributed by atoms with Crippen molar-refractivity contribution in [2.24, 2.45) is 0 Å². The fourth-order valence-electron chi connectivity index (χ4n) is 2.13. The molecule has 11 heteroatoms. The quantitative estimate of drug-likeness (QED) is 0.371. The topological polar surface area (TPSA) is 146 Å². The second-order valence-electron chi connectivity index (χ2n) is 5.34. The van der Waals surface area contributed by atoms with E-state index >= 15 is 0 Å². The Balaban J connectivity index is 1.69. The highest BCUT2D eigenvalue weighted by Crippen LogP contribution is 2.24. The number of ether oxygens (including phenoxy) is 1. The zero-order chi connectivity index (χ0) is 19.4. The Morgan fingerprint density at radius 3 is 2.74 bits per heavy atom. The van der Waals surface area contributed by atoms with Crippen molar-refractivity contribution >= 4 is 39.9 Å². The number of aryl methyl sites for hydroxylation is 1. The molecule has 0 spiro atoms. The van der Waals surface area contributed by atoms with Crippen molar-refractivity contribution in [3.8, 4) is 0 Å². The lowest BCUT2D eigenvalue weighted by atomic mass is 10.2. The summed E-state index contributed by atoms with van der Waals surface area (Å²) in [6.45, 7) is 1.68. The number of benzene rings is 1. The average molecular weight is 386 g/mol. The van der Waals surface area contributed by atoms with Crippen LogP contribution in [0.4, 0.5) is 22.6 Å². The summed E-state index contributed by atoms with van der Waals surface area (Å²) in [5.74, 6) is -0.369. The first-order valence-corrected chi connectivity index (χ1v) is 8.48. The number of hydrogen-bond acceptors (Lipinski definition) is 10. The maximum absolute atomic E-state index is 12.0. The van der Waals surface area contributed by atoms with Crippen molar-refractivity contribution in [1.82, 2.24) is 15.0 Å². The van der Waals surface area contributed by atoms with Crippen molar-refractivity contribution in [1.29, 1.82) is 0 Å². The van der Waals surface area contributed by atoms with Crippen LogP contribution in [0.15, 0.2) is 36.4 Å². The van der Waals surface area contributed by atoms with Gasteiger partial charge < -0.3 is 15.8 Å². The van der Waals surface area contributed by atoms with Gasteiger partial charge in [0, 0.05) is 11.8 Å². The van der Waals surface area contributed by atoms with Crippen LogP contribution in [-0.4, -0.2) is 25.8 Å². The molecule has 0 aliphatic rings. The highest BCUT2D eigenvalue weighted by Gasteiger charge is 2.17. The van der Waals surface area contributed by atoms with Gasteiger partial charge in [-0.3, -0.25) is 10.1 Å². The van der Waals surface area contributed by atoms with Crippen LogP contribution in [0.2, 0.25) is 0 Å². The van der Waals surface area contributed by atoms with E-state index in [4.69, 9.17) is 10.5 Å². The Morgan fingerprint density at radius 2 is 2.04 bits per heavy atom. The van der Waals surface area contributed by atoms with Gasteiger partial charge in [0.05, 0.1) is 4.92 Å². The maximum Gasteiger partial charge on any atom is 0.348 e. The molecular formula is C16H14N6O4S. The number of rotatable bonds is 6. The molecule has 0 aliphatic carbocycles. The number of para-hydroxylation sites is 1. The number of nitrogen functional groups attached to an aromatic ring is 1. The number of nitro groups is 1. The predicted octanol–water partition coefficient (Wildman–Crippen LogP) is 2.83. The minimum atomic E-state index is -0.708. The van der Waals surface area contributed by atoms with Crippen molar-refractivity contribution < 1.29 is 14.5 Å². The van der Waals surface area contributed by atoms with Gasteiger partial charge >= 0.3 is 11.0 Å². The molecule has 10 nitrogen and oxygen atoms in total. The van der Waals surface area contributed by atoms with E-state index in [-0.39, 0.29) is 34.2 Å². The number of nitrogens with two attached hydrogens (primary N) is 1. The molecule has 0 bridgehead atoms. The number of nitrogens with zero attached hydrogens (tertiary/aromatic N) is 4.